The zero-order valence-corrected chi connectivity index (χ0v) is 13.1. The first kappa shape index (κ1) is 17.2. The Morgan fingerprint density at radius 2 is 2.13 bits per heavy atom. The first-order valence-electron chi connectivity index (χ1n) is 6.94. The average molecular weight is 344 g/mol. The van der Waals surface area contributed by atoms with Gasteiger partial charge < -0.3 is 4.74 Å². The number of hydrogen-bond donors (Lipinski definition) is 1. The zero-order valence-electron chi connectivity index (χ0n) is 12.3. The lowest BCUT2D eigenvalue weighted by molar-refractivity contribution is -0.147. The van der Waals surface area contributed by atoms with Crippen molar-refractivity contribution in [3.63, 3.8) is 0 Å². The maximum absolute atomic E-state index is 12.8. The molecule has 0 unspecified atom stereocenters. The highest BCUT2D eigenvalue weighted by molar-refractivity contribution is 7.71. The van der Waals surface area contributed by atoms with E-state index in [0.717, 1.165) is 12.8 Å². The van der Waals surface area contributed by atoms with E-state index in [0.29, 0.717) is 22.6 Å². The number of aromatic amines is 1. The summed E-state index contributed by atoms with van der Waals surface area (Å²) in [5.74, 6) is -0.656. The number of ether oxygens (including phenoxy) is 1. The van der Waals surface area contributed by atoms with Gasteiger partial charge in [-0.05, 0) is 30.8 Å². The maximum Gasteiger partial charge on any atom is 0.453 e. The number of nitrogens with zero attached hydrogens (tertiary/aromatic N) is 3. The number of nitrogens with one attached hydrogen (secondary N) is 1. The van der Waals surface area contributed by atoms with Crippen LogP contribution in [0, 0.1) is 4.77 Å². The molecule has 1 aromatic heterocycles. The third-order valence-electron chi connectivity index (χ3n) is 2.89. The van der Waals surface area contributed by atoms with Crippen molar-refractivity contribution in [3.05, 3.63) is 40.4 Å². The van der Waals surface area contributed by atoms with E-state index in [9.17, 15) is 13.2 Å². The number of hydrogen-bond acceptors (Lipinski definition) is 4. The Kier molecular flexibility index (Phi) is 5.54. The third kappa shape index (κ3) is 4.41. The van der Waals surface area contributed by atoms with Gasteiger partial charge in [-0.1, -0.05) is 25.5 Å². The van der Waals surface area contributed by atoms with Crippen molar-refractivity contribution in [2.75, 3.05) is 6.61 Å². The van der Waals surface area contributed by atoms with E-state index in [-0.39, 0.29) is 4.77 Å². The molecule has 23 heavy (non-hydrogen) atoms. The Morgan fingerprint density at radius 3 is 2.83 bits per heavy atom. The Labute approximate surface area is 135 Å². The summed E-state index contributed by atoms with van der Waals surface area (Å²) in [5.41, 5.74) is 0.555. The normalized spacial score (nSPS) is 12.0. The highest BCUT2D eigenvalue weighted by Gasteiger charge is 2.37. The van der Waals surface area contributed by atoms with Crippen molar-refractivity contribution in [1.29, 1.82) is 0 Å². The van der Waals surface area contributed by atoms with Crippen LogP contribution in [0.15, 0.2) is 29.4 Å². The van der Waals surface area contributed by atoms with Crippen LogP contribution in [0.3, 0.4) is 0 Å². The molecule has 9 heteroatoms. The second-order valence-corrected chi connectivity index (χ2v) is 5.03. The van der Waals surface area contributed by atoms with Gasteiger partial charge in [-0.3, -0.25) is 0 Å². The monoisotopic (exact) mass is 344 g/mol. The van der Waals surface area contributed by atoms with E-state index >= 15 is 0 Å². The summed E-state index contributed by atoms with van der Waals surface area (Å²) < 4.78 is 44.4. The molecule has 0 atom stereocenters. The molecule has 124 valence electrons. The van der Waals surface area contributed by atoms with Crippen LogP contribution in [0.4, 0.5) is 13.2 Å². The van der Waals surface area contributed by atoms with Gasteiger partial charge >= 0.3 is 6.18 Å². The molecule has 5 nitrogen and oxygen atoms in total. The lowest BCUT2D eigenvalue weighted by Crippen LogP contribution is -2.13. The Morgan fingerprint density at radius 1 is 1.39 bits per heavy atom. The van der Waals surface area contributed by atoms with Crippen molar-refractivity contribution < 1.29 is 17.9 Å². The smallest absolute Gasteiger partial charge is 0.453 e. The molecule has 0 bridgehead atoms. The molecule has 2 aromatic rings. The number of rotatable bonds is 6. The average Bonchev–Trinajstić information content (AvgIpc) is 2.87. The topological polar surface area (TPSA) is 55.2 Å². The molecule has 0 radical (unpaired) electrons. The molecule has 1 aromatic carbocycles. The number of para-hydroxylation sites is 1. The van der Waals surface area contributed by atoms with Crippen LogP contribution in [0.2, 0.25) is 0 Å². The number of alkyl halides is 3. The standard InChI is InChI=1S/C14H15F3N4OS/c1-2-3-8-22-11-7-5-4-6-10(11)9-18-21-12(14(15,16)17)19-20-13(21)23/h4-7,9H,2-3,8H2,1H3,(H,20,23). The minimum Gasteiger partial charge on any atom is -0.493 e. The maximum atomic E-state index is 12.8. The summed E-state index contributed by atoms with van der Waals surface area (Å²) in [5, 5.41) is 9.03. The van der Waals surface area contributed by atoms with Crippen molar-refractivity contribution in [2.24, 2.45) is 5.10 Å². The summed E-state index contributed by atoms with van der Waals surface area (Å²) >= 11 is 4.78. The van der Waals surface area contributed by atoms with Crippen LogP contribution < -0.4 is 4.74 Å². The molecular formula is C14H15F3N4OS. The van der Waals surface area contributed by atoms with Crippen molar-refractivity contribution >= 4 is 18.4 Å². The fourth-order valence-corrected chi connectivity index (χ4v) is 1.93. The predicted octanol–water partition coefficient (Wildman–Crippen LogP) is 4.02. The Bertz CT molecular complexity index is 736. The minimum atomic E-state index is -4.65. The first-order chi connectivity index (χ1) is 10.9. The second-order valence-electron chi connectivity index (χ2n) is 4.65. The van der Waals surface area contributed by atoms with Gasteiger partial charge in [0.25, 0.3) is 5.82 Å². The first-order valence-corrected chi connectivity index (χ1v) is 7.35. The predicted molar refractivity (Wildman–Crippen MR) is 82.3 cm³/mol. The number of unbranched alkanes of at least 4 members (excludes halogenated alkanes) is 1. The fourth-order valence-electron chi connectivity index (χ4n) is 1.75. The molecule has 0 amide bonds. The van der Waals surface area contributed by atoms with Crippen LogP contribution in [-0.4, -0.2) is 27.7 Å². The number of benzene rings is 1. The third-order valence-corrected chi connectivity index (χ3v) is 3.15. The van der Waals surface area contributed by atoms with Crippen molar-refractivity contribution in [2.45, 2.75) is 25.9 Å². The molecule has 0 fully saturated rings. The molecule has 0 spiro atoms. The summed E-state index contributed by atoms with van der Waals surface area (Å²) in [7, 11) is 0. The summed E-state index contributed by atoms with van der Waals surface area (Å²) in [6, 6.07) is 6.95. The summed E-state index contributed by atoms with van der Waals surface area (Å²) in [6.07, 6.45) is -1.52. The molecule has 0 saturated carbocycles. The van der Waals surface area contributed by atoms with Gasteiger partial charge in [0.15, 0.2) is 0 Å². The fraction of sp³-hybridized carbons (Fsp3) is 0.357. The lowest BCUT2D eigenvalue weighted by Gasteiger charge is -2.08. The summed E-state index contributed by atoms with van der Waals surface area (Å²) in [6.45, 7) is 2.57. The molecule has 0 saturated heterocycles. The number of H-pyrrole nitrogens is 1. The van der Waals surface area contributed by atoms with Gasteiger partial charge in [-0.2, -0.15) is 22.9 Å². The number of halogens is 3. The van der Waals surface area contributed by atoms with Crippen LogP contribution >= 0.6 is 12.2 Å². The molecular weight excluding hydrogens is 329 g/mol. The highest BCUT2D eigenvalue weighted by atomic mass is 32.1. The number of aromatic nitrogens is 3. The van der Waals surface area contributed by atoms with Gasteiger partial charge in [0.1, 0.15) is 5.75 Å². The van der Waals surface area contributed by atoms with Crippen molar-refractivity contribution in [1.82, 2.24) is 14.9 Å². The Balaban J connectivity index is 2.28. The SMILES string of the molecule is CCCCOc1ccccc1C=Nn1c(C(F)(F)F)n[nH]c1=S. The van der Waals surface area contributed by atoms with Crippen LogP contribution in [0.1, 0.15) is 31.2 Å². The largest absolute Gasteiger partial charge is 0.493 e. The van der Waals surface area contributed by atoms with Gasteiger partial charge in [-0.25, -0.2) is 5.10 Å². The lowest BCUT2D eigenvalue weighted by atomic mass is 10.2. The highest BCUT2D eigenvalue weighted by Crippen LogP contribution is 2.27. The van der Waals surface area contributed by atoms with E-state index in [1.165, 1.54) is 6.21 Å². The van der Waals surface area contributed by atoms with Gasteiger partial charge in [0.2, 0.25) is 4.77 Å². The minimum absolute atomic E-state index is 0.238. The van der Waals surface area contributed by atoms with E-state index in [1.807, 2.05) is 6.92 Å². The van der Waals surface area contributed by atoms with Crippen LogP contribution in [0.25, 0.3) is 0 Å². The van der Waals surface area contributed by atoms with Gasteiger partial charge in [-0.15, -0.1) is 5.10 Å². The van der Waals surface area contributed by atoms with Gasteiger partial charge in [0.05, 0.1) is 12.8 Å². The Hall–Kier alpha value is -2.16. The molecule has 1 heterocycles. The molecule has 2 rings (SSSR count). The summed E-state index contributed by atoms with van der Waals surface area (Å²) in [4.78, 5) is 0. The quantitative estimate of drug-likeness (QED) is 0.489. The van der Waals surface area contributed by atoms with E-state index < -0.39 is 12.0 Å². The van der Waals surface area contributed by atoms with E-state index in [2.05, 4.69) is 15.3 Å². The van der Waals surface area contributed by atoms with E-state index in [4.69, 9.17) is 17.0 Å². The zero-order chi connectivity index (χ0) is 16.9. The van der Waals surface area contributed by atoms with E-state index in [1.54, 1.807) is 24.3 Å². The molecule has 0 aliphatic carbocycles. The van der Waals surface area contributed by atoms with Gasteiger partial charge in [0, 0.05) is 5.56 Å². The molecule has 1 N–H and O–H groups in total. The van der Waals surface area contributed by atoms with Crippen molar-refractivity contribution in [3.8, 4) is 5.75 Å². The van der Waals surface area contributed by atoms with Crippen LogP contribution in [0.5, 0.6) is 5.75 Å². The second kappa shape index (κ2) is 7.40. The molecule has 0 aliphatic heterocycles. The molecule has 0 aliphatic rings. The van der Waals surface area contributed by atoms with Crippen LogP contribution in [-0.2, 0) is 6.18 Å².